The summed E-state index contributed by atoms with van der Waals surface area (Å²) in [5.41, 5.74) is -0.0570. The quantitative estimate of drug-likeness (QED) is 0.852. The molecule has 1 aliphatic heterocycles. The molecule has 1 N–H and O–H groups in total. The van der Waals surface area contributed by atoms with Gasteiger partial charge in [0.25, 0.3) is 5.56 Å². The maximum Gasteiger partial charge on any atom is 0.252 e. The topological polar surface area (TPSA) is 49.0 Å². The van der Waals surface area contributed by atoms with E-state index in [-0.39, 0.29) is 5.56 Å². The minimum Gasteiger partial charge on any atom is -0.356 e. The number of aromatic amines is 1. The Kier molecular flexibility index (Phi) is 3.50. The van der Waals surface area contributed by atoms with Crippen molar-refractivity contribution in [3.05, 3.63) is 22.2 Å². The highest BCUT2D eigenvalue weighted by molar-refractivity contribution is 5.37. The summed E-state index contributed by atoms with van der Waals surface area (Å²) in [5, 5.41) is 0. The summed E-state index contributed by atoms with van der Waals surface area (Å²) in [6.07, 6.45) is 2.40. The fraction of sp³-hybridized carbons (Fsp3) is 0.692. The Morgan fingerprint density at radius 2 is 2.06 bits per heavy atom. The summed E-state index contributed by atoms with van der Waals surface area (Å²) in [5.74, 6) is 3.09. The Balaban J connectivity index is 2.08. The van der Waals surface area contributed by atoms with Crippen LogP contribution in [0.4, 0.5) is 5.82 Å². The third-order valence-corrected chi connectivity index (χ3v) is 3.65. The molecule has 94 valence electrons. The lowest BCUT2D eigenvalue weighted by molar-refractivity contribution is 0.310. The molecule has 0 bridgehead atoms. The first kappa shape index (κ1) is 12.1. The largest absolute Gasteiger partial charge is 0.356 e. The van der Waals surface area contributed by atoms with Crippen LogP contribution in [0.1, 0.15) is 32.5 Å². The highest BCUT2D eigenvalue weighted by Crippen LogP contribution is 2.26. The maximum atomic E-state index is 11.4. The summed E-state index contributed by atoms with van der Waals surface area (Å²) in [6.45, 7) is 8.43. The summed E-state index contributed by atoms with van der Waals surface area (Å²) in [6, 6.07) is 1.60. The molecular formula is C13H21N3O. The summed E-state index contributed by atoms with van der Waals surface area (Å²) in [7, 11) is 0. The van der Waals surface area contributed by atoms with Crippen molar-refractivity contribution in [2.24, 2.45) is 11.8 Å². The highest BCUT2D eigenvalue weighted by atomic mass is 16.1. The molecule has 2 rings (SSSR count). The van der Waals surface area contributed by atoms with E-state index in [2.05, 4.69) is 28.7 Å². The predicted molar refractivity (Wildman–Crippen MR) is 69.4 cm³/mol. The van der Waals surface area contributed by atoms with Crippen LogP contribution in [-0.4, -0.2) is 23.1 Å². The average molecular weight is 235 g/mol. The van der Waals surface area contributed by atoms with E-state index in [1.807, 2.05) is 6.92 Å². The third kappa shape index (κ3) is 2.87. The van der Waals surface area contributed by atoms with Crippen LogP contribution in [-0.2, 0) is 0 Å². The van der Waals surface area contributed by atoms with Crippen molar-refractivity contribution >= 4 is 5.82 Å². The average Bonchev–Trinajstić information content (AvgIpc) is 2.28. The van der Waals surface area contributed by atoms with Gasteiger partial charge in [-0.05, 0) is 31.6 Å². The fourth-order valence-corrected chi connectivity index (χ4v) is 2.52. The Hall–Kier alpha value is -1.32. The van der Waals surface area contributed by atoms with Crippen LogP contribution in [0.2, 0.25) is 0 Å². The molecular weight excluding hydrogens is 214 g/mol. The Bertz CT molecular complexity index is 431. The fourth-order valence-electron chi connectivity index (χ4n) is 2.52. The van der Waals surface area contributed by atoms with Gasteiger partial charge in [0.15, 0.2) is 0 Å². The number of nitrogens with zero attached hydrogens (tertiary/aromatic N) is 2. The second-order valence-corrected chi connectivity index (χ2v) is 5.26. The number of hydrogen-bond acceptors (Lipinski definition) is 3. The standard InChI is InChI=1S/C13H21N3O/c1-9(2)11-4-6-16(7-5-11)12-8-13(17)15-10(3)14-12/h8-9,11H,4-7H2,1-3H3,(H,14,15,17). The van der Waals surface area contributed by atoms with Gasteiger partial charge in [-0.25, -0.2) is 4.98 Å². The number of H-pyrrole nitrogens is 1. The minimum absolute atomic E-state index is 0.0570. The highest BCUT2D eigenvalue weighted by Gasteiger charge is 2.22. The number of aromatic nitrogens is 2. The summed E-state index contributed by atoms with van der Waals surface area (Å²) >= 11 is 0. The second-order valence-electron chi connectivity index (χ2n) is 5.26. The van der Waals surface area contributed by atoms with Crippen LogP contribution in [0.5, 0.6) is 0 Å². The number of piperidine rings is 1. The number of nitrogens with one attached hydrogen (secondary N) is 1. The van der Waals surface area contributed by atoms with Crippen LogP contribution >= 0.6 is 0 Å². The van der Waals surface area contributed by atoms with E-state index in [1.54, 1.807) is 6.07 Å². The van der Waals surface area contributed by atoms with Gasteiger partial charge < -0.3 is 9.88 Å². The number of hydrogen-bond donors (Lipinski definition) is 1. The Labute approximate surface area is 102 Å². The Morgan fingerprint density at radius 3 is 2.59 bits per heavy atom. The van der Waals surface area contributed by atoms with Gasteiger partial charge in [-0.2, -0.15) is 0 Å². The monoisotopic (exact) mass is 235 g/mol. The molecule has 0 atom stereocenters. The second kappa shape index (κ2) is 4.90. The van der Waals surface area contributed by atoms with E-state index in [4.69, 9.17) is 0 Å². The van der Waals surface area contributed by atoms with E-state index in [1.165, 1.54) is 12.8 Å². The molecule has 1 saturated heterocycles. The van der Waals surface area contributed by atoms with Gasteiger partial charge in [-0.15, -0.1) is 0 Å². The van der Waals surface area contributed by atoms with Crippen molar-refractivity contribution in [3.63, 3.8) is 0 Å². The lowest BCUT2D eigenvalue weighted by Gasteiger charge is -2.34. The smallest absolute Gasteiger partial charge is 0.252 e. The van der Waals surface area contributed by atoms with Crippen molar-refractivity contribution in [1.82, 2.24) is 9.97 Å². The summed E-state index contributed by atoms with van der Waals surface area (Å²) in [4.78, 5) is 20.7. The van der Waals surface area contributed by atoms with Crippen LogP contribution in [0.15, 0.2) is 10.9 Å². The van der Waals surface area contributed by atoms with Gasteiger partial charge >= 0.3 is 0 Å². The number of aryl methyl sites for hydroxylation is 1. The van der Waals surface area contributed by atoms with E-state index in [0.29, 0.717) is 5.82 Å². The predicted octanol–water partition coefficient (Wildman–Crippen LogP) is 1.95. The molecule has 4 nitrogen and oxygen atoms in total. The van der Waals surface area contributed by atoms with Gasteiger partial charge in [0.05, 0.1) is 0 Å². The number of rotatable bonds is 2. The van der Waals surface area contributed by atoms with Crippen molar-refractivity contribution in [2.75, 3.05) is 18.0 Å². The van der Waals surface area contributed by atoms with Crippen molar-refractivity contribution < 1.29 is 0 Å². The zero-order valence-electron chi connectivity index (χ0n) is 10.9. The van der Waals surface area contributed by atoms with E-state index in [9.17, 15) is 4.79 Å². The SMILES string of the molecule is Cc1nc(N2CCC(C(C)C)CC2)cc(=O)[nH]1. The van der Waals surface area contributed by atoms with E-state index in [0.717, 1.165) is 30.7 Å². The molecule has 0 spiro atoms. The van der Waals surface area contributed by atoms with E-state index >= 15 is 0 Å². The maximum absolute atomic E-state index is 11.4. The van der Waals surface area contributed by atoms with Gasteiger partial charge in [0.2, 0.25) is 0 Å². The third-order valence-electron chi connectivity index (χ3n) is 3.65. The molecule has 0 saturated carbocycles. The van der Waals surface area contributed by atoms with Crippen LogP contribution < -0.4 is 10.5 Å². The molecule has 1 aromatic rings. The van der Waals surface area contributed by atoms with Gasteiger partial charge in [-0.1, -0.05) is 13.8 Å². The molecule has 0 unspecified atom stereocenters. The molecule has 1 aromatic heterocycles. The molecule has 17 heavy (non-hydrogen) atoms. The van der Waals surface area contributed by atoms with Crippen LogP contribution in [0.3, 0.4) is 0 Å². The van der Waals surface area contributed by atoms with E-state index < -0.39 is 0 Å². The first-order chi connectivity index (χ1) is 8.06. The molecule has 1 fully saturated rings. The minimum atomic E-state index is -0.0570. The van der Waals surface area contributed by atoms with Crippen molar-refractivity contribution in [1.29, 1.82) is 0 Å². The molecule has 0 amide bonds. The van der Waals surface area contributed by atoms with Gasteiger partial charge in [-0.3, -0.25) is 4.79 Å². The van der Waals surface area contributed by atoms with Crippen molar-refractivity contribution in [2.45, 2.75) is 33.6 Å². The lowest BCUT2D eigenvalue weighted by atomic mass is 9.87. The zero-order chi connectivity index (χ0) is 12.4. The molecule has 1 aliphatic rings. The zero-order valence-corrected chi connectivity index (χ0v) is 10.9. The number of anilines is 1. The molecule has 0 radical (unpaired) electrons. The first-order valence-corrected chi connectivity index (χ1v) is 6.39. The molecule has 0 aromatic carbocycles. The van der Waals surface area contributed by atoms with Gasteiger partial charge in [0, 0.05) is 19.2 Å². The summed E-state index contributed by atoms with van der Waals surface area (Å²) < 4.78 is 0. The Morgan fingerprint density at radius 1 is 1.41 bits per heavy atom. The first-order valence-electron chi connectivity index (χ1n) is 6.39. The van der Waals surface area contributed by atoms with Crippen LogP contribution in [0, 0.1) is 18.8 Å². The normalized spacial score (nSPS) is 17.8. The lowest BCUT2D eigenvalue weighted by Crippen LogP contribution is -2.36. The molecule has 4 heteroatoms. The van der Waals surface area contributed by atoms with Gasteiger partial charge in [0.1, 0.15) is 11.6 Å². The molecule has 2 heterocycles. The van der Waals surface area contributed by atoms with Crippen molar-refractivity contribution in [3.8, 4) is 0 Å². The molecule has 0 aliphatic carbocycles. The van der Waals surface area contributed by atoms with Crippen LogP contribution in [0.25, 0.3) is 0 Å².